The minimum atomic E-state index is -0.635. The molecule has 0 aliphatic rings. The molecule has 0 atom stereocenters. The molecular weight excluding hydrogens is 276 g/mol. The van der Waals surface area contributed by atoms with E-state index in [0.717, 1.165) is 0 Å². The summed E-state index contributed by atoms with van der Waals surface area (Å²) in [7, 11) is 1.54. The Morgan fingerprint density at radius 1 is 1.25 bits per heavy atom. The summed E-state index contributed by atoms with van der Waals surface area (Å²) in [6, 6.07) is 10.1. The van der Waals surface area contributed by atoms with Crippen LogP contribution in [0.1, 0.15) is 15.2 Å². The van der Waals surface area contributed by atoms with Gasteiger partial charge in [0.2, 0.25) is 5.78 Å². The van der Waals surface area contributed by atoms with Crippen LogP contribution >= 0.6 is 11.3 Å². The number of carbonyl (C=O) groups excluding carboxylic acids is 1. The lowest BCUT2D eigenvalue weighted by Gasteiger charge is -2.03. The Bertz CT molecular complexity index is 831. The number of benzene rings is 1. The first kappa shape index (κ1) is 12.6. The zero-order chi connectivity index (χ0) is 14.1. The van der Waals surface area contributed by atoms with Gasteiger partial charge in [-0.25, -0.2) is 4.79 Å². The van der Waals surface area contributed by atoms with Gasteiger partial charge in [0, 0.05) is 11.5 Å². The fourth-order valence-electron chi connectivity index (χ4n) is 1.92. The number of fused-ring (bicyclic) bond motifs is 1. The molecule has 4 nitrogen and oxygen atoms in total. The van der Waals surface area contributed by atoms with Crippen molar-refractivity contribution in [2.75, 3.05) is 7.11 Å². The zero-order valence-electron chi connectivity index (χ0n) is 10.6. The van der Waals surface area contributed by atoms with E-state index in [9.17, 15) is 9.59 Å². The predicted octanol–water partition coefficient (Wildman–Crippen LogP) is 3.09. The molecule has 0 aliphatic carbocycles. The van der Waals surface area contributed by atoms with Crippen molar-refractivity contribution in [3.05, 3.63) is 62.6 Å². The average molecular weight is 286 g/mol. The molecular formula is C15H10O4S. The Hall–Kier alpha value is -2.40. The third-order valence-corrected chi connectivity index (χ3v) is 3.80. The summed E-state index contributed by atoms with van der Waals surface area (Å²) in [5.74, 6) is 0.282. The van der Waals surface area contributed by atoms with Crippen molar-refractivity contribution in [2.24, 2.45) is 0 Å². The summed E-state index contributed by atoms with van der Waals surface area (Å²) in [5.41, 5.74) is -0.189. The second-order valence-electron chi connectivity index (χ2n) is 4.16. The summed E-state index contributed by atoms with van der Waals surface area (Å²) >= 11 is 1.30. The highest BCUT2D eigenvalue weighted by molar-refractivity contribution is 7.12. The summed E-state index contributed by atoms with van der Waals surface area (Å²) in [6.45, 7) is 0. The van der Waals surface area contributed by atoms with Gasteiger partial charge in [-0.3, -0.25) is 4.79 Å². The maximum Gasteiger partial charge on any atom is 0.347 e. The van der Waals surface area contributed by atoms with Crippen molar-refractivity contribution in [3.8, 4) is 5.75 Å². The van der Waals surface area contributed by atoms with Gasteiger partial charge in [0.25, 0.3) is 0 Å². The lowest BCUT2D eigenvalue weighted by Crippen LogP contribution is -2.13. The van der Waals surface area contributed by atoms with Crippen LogP contribution in [-0.2, 0) is 0 Å². The van der Waals surface area contributed by atoms with Crippen molar-refractivity contribution >= 4 is 28.1 Å². The summed E-state index contributed by atoms with van der Waals surface area (Å²) in [5, 5.41) is 2.48. The number of thiophene rings is 1. The summed E-state index contributed by atoms with van der Waals surface area (Å²) in [4.78, 5) is 24.7. The molecule has 1 aromatic carbocycles. The van der Waals surface area contributed by atoms with E-state index in [4.69, 9.17) is 9.15 Å². The third-order valence-electron chi connectivity index (χ3n) is 2.93. The lowest BCUT2D eigenvalue weighted by molar-refractivity contribution is 0.103. The molecule has 0 radical (unpaired) electrons. The second kappa shape index (κ2) is 4.94. The lowest BCUT2D eigenvalue weighted by atomic mass is 10.1. The van der Waals surface area contributed by atoms with Gasteiger partial charge >= 0.3 is 5.63 Å². The molecule has 0 aliphatic heterocycles. The van der Waals surface area contributed by atoms with Crippen LogP contribution in [0.2, 0.25) is 0 Å². The fraction of sp³-hybridized carbons (Fsp3) is 0.0667. The molecule has 20 heavy (non-hydrogen) atoms. The van der Waals surface area contributed by atoms with Crippen molar-refractivity contribution in [2.45, 2.75) is 0 Å². The van der Waals surface area contributed by atoms with E-state index in [2.05, 4.69) is 0 Å². The number of hydrogen-bond donors (Lipinski definition) is 0. The van der Waals surface area contributed by atoms with Crippen LogP contribution in [0.15, 0.2) is 51.0 Å². The van der Waals surface area contributed by atoms with Gasteiger partial charge in [-0.15, -0.1) is 11.3 Å². The van der Waals surface area contributed by atoms with E-state index in [1.807, 2.05) is 0 Å². The first-order chi connectivity index (χ1) is 9.69. The molecule has 2 heterocycles. The smallest absolute Gasteiger partial charge is 0.347 e. The number of carbonyl (C=O) groups is 1. The molecule has 0 saturated heterocycles. The van der Waals surface area contributed by atoms with Gasteiger partial charge in [0.15, 0.2) is 0 Å². The molecule has 0 N–H and O–H groups in total. The molecule has 0 amide bonds. The Morgan fingerprint density at radius 3 is 2.80 bits per heavy atom. The number of rotatable bonds is 3. The molecule has 0 fully saturated rings. The molecule has 0 saturated carbocycles. The highest BCUT2D eigenvalue weighted by atomic mass is 32.1. The van der Waals surface area contributed by atoms with Crippen LogP contribution in [0.4, 0.5) is 0 Å². The minimum Gasteiger partial charge on any atom is -0.497 e. The average Bonchev–Trinajstić information content (AvgIpc) is 2.99. The number of ether oxygens (including phenoxy) is 1. The van der Waals surface area contributed by atoms with E-state index < -0.39 is 5.63 Å². The molecule has 3 rings (SSSR count). The highest BCUT2D eigenvalue weighted by Gasteiger charge is 2.16. The van der Waals surface area contributed by atoms with Crippen molar-refractivity contribution < 1.29 is 13.9 Å². The van der Waals surface area contributed by atoms with E-state index >= 15 is 0 Å². The van der Waals surface area contributed by atoms with Crippen LogP contribution in [0.5, 0.6) is 5.75 Å². The van der Waals surface area contributed by atoms with Gasteiger partial charge in [-0.1, -0.05) is 6.07 Å². The Kier molecular flexibility index (Phi) is 3.12. The summed E-state index contributed by atoms with van der Waals surface area (Å²) < 4.78 is 10.3. The van der Waals surface area contributed by atoms with Crippen LogP contribution < -0.4 is 10.4 Å². The monoisotopic (exact) mass is 286 g/mol. The fourth-order valence-corrected chi connectivity index (χ4v) is 2.60. The molecule has 3 aromatic rings. The van der Waals surface area contributed by atoms with E-state index in [1.54, 1.807) is 41.8 Å². The predicted molar refractivity (Wildman–Crippen MR) is 76.8 cm³/mol. The minimum absolute atomic E-state index is 0.0464. The molecule has 100 valence electrons. The van der Waals surface area contributed by atoms with Gasteiger partial charge < -0.3 is 9.15 Å². The normalized spacial score (nSPS) is 10.7. The Labute approximate surface area is 118 Å². The zero-order valence-corrected chi connectivity index (χ0v) is 11.4. The molecule has 0 unspecified atom stereocenters. The van der Waals surface area contributed by atoms with Crippen LogP contribution in [-0.4, -0.2) is 12.9 Å². The number of ketones is 1. The molecule has 5 heteroatoms. The number of methoxy groups -OCH3 is 1. The van der Waals surface area contributed by atoms with Crippen molar-refractivity contribution in [1.29, 1.82) is 0 Å². The Morgan fingerprint density at radius 2 is 2.10 bits per heavy atom. The first-order valence-electron chi connectivity index (χ1n) is 5.89. The van der Waals surface area contributed by atoms with E-state index in [0.29, 0.717) is 21.6 Å². The first-order valence-corrected chi connectivity index (χ1v) is 6.77. The standard InChI is InChI=1S/C15H10O4S/c1-18-10-5-4-9-7-11(15(17)19-12(9)8-10)14(16)13-3-2-6-20-13/h2-8H,1H3. The maximum atomic E-state index is 12.2. The second-order valence-corrected chi connectivity index (χ2v) is 5.11. The largest absolute Gasteiger partial charge is 0.497 e. The SMILES string of the molecule is COc1ccc2cc(C(=O)c3cccs3)c(=O)oc2c1. The van der Waals surface area contributed by atoms with Gasteiger partial charge in [0.05, 0.1) is 12.0 Å². The van der Waals surface area contributed by atoms with Crippen molar-refractivity contribution in [3.63, 3.8) is 0 Å². The molecule has 2 aromatic heterocycles. The number of hydrogen-bond acceptors (Lipinski definition) is 5. The summed E-state index contributed by atoms with van der Waals surface area (Å²) in [6.07, 6.45) is 0. The maximum absolute atomic E-state index is 12.2. The molecule has 0 spiro atoms. The highest BCUT2D eigenvalue weighted by Crippen LogP contribution is 2.21. The van der Waals surface area contributed by atoms with Gasteiger partial charge in [-0.05, 0) is 29.6 Å². The third kappa shape index (κ3) is 2.12. The van der Waals surface area contributed by atoms with E-state index in [1.165, 1.54) is 18.4 Å². The van der Waals surface area contributed by atoms with Crippen molar-refractivity contribution in [1.82, 2.24) is 0 Å². The van der Waals surface area contributed by atoms with Crippen LogP contribution in [0.3, 0.4) is 0 Å². The molecule has 0 bridgehead atoms. The quantitative estimate of drug-likeness (QED) is 0.548. The van der Waals surface area contributed by atoms with Gasteiger partial charge in [-0.2, -0.15) is 0 Å². The van der Waals surface area contributed by atoms with Crippen LogP contribution in [0.25, 0.3) is 11.0 Å². The van der Waals surface area contributed by atoms with Gasteiger partial charge in [0.1, 0.15) is 16.9 Å². The van der Waals surface area contributed by atoms with Crippen LogP contribution in [0, 0.1) is 0 Å². The topological polar surface area (TPSA) is 56.5 Å². The Balaban J connectivity index is 2.16. The van der Waals surface area contributed by atoms with E-state index in [-0.39, 0.29) is 11.3 Å².